The summed E-state index contributed by atoms with van der Waals surface area (Å²) < 4.78 is 27.4. The van der Waals surface area contributed by atoms with Crippen molar-refractivity contribution in [1.82, 2.24) is 0 Å². The van der Waals surface area contributed by atoms with E-state index < -0.39 is 19.9 Å². The third kappa shape index (κ3) is 2.77. The highest BCUT2D eigenvalue weighted by atomic mass is 32.2. The van der Waals surface area contributed by atoms with Crippen LogP contribution in [0.25, 0.3) is 0 Å². The first-order valence-electron chi connectivity index (χ1n) is 7.68. The van der Waals surface area contributed by atoms with Crippen LogP contribution < -0.4 is 4.31 Å². The number of nitrogens with zero attached hydrogens (tertiary/aromatic N) is 3. The molecule has 0 bridgehead atoms. The lowest BCUT2D eigenvalue weighted by atomic mass is 10.1. The summed E-state index contributed by atoms with van der Waals surface area (Å²) in [7, 11) is -4.10. The molecule has 1 heterocycles. The molecule has 9 nitrogen and oxygen atoms in total. The fourth-order valence-electron chi connectivity index (χ4n) is 3.00. The lowest BCUT2D eigenvalue weighted by Gasteiger charge is -2.21. The van der Waals surface area contributed by atoms with Gasteiger partial charge < -0.3 is 0 Å². The lowest BCUT2D eigenvalue weighted by molar-refractivity contribution is -0.385. The largest absolute Gasteiger partial charge is 0.271 e. The zero-order chi connectivity index (χ0) is 19.2. The number of benzene rings is 2. The highest BCUT2D eigenvalue weighted by molar-refractivity contribution is 7.93. The maximum absolute atomic E-state index is 13.2. The lowest BCUT2D eigenvalue weighted by Crippen LogP contribution is -2.30. The van der Waals surface area contributed by atoms with Crippen LogP contribution in [0.5, 0.6) is 0 Å². The Labute approximate surface area is 149 Å². The van der Waals surface area contributed by atoms with Gasteiger partial charge in [0, 0.05) is 30.8 Å². The van der Waals surface area contributed by atoms with Crippen molar-refractivity contribution in [1.29, 1.82) is 0 Å². The minimum absolute atomic E-state index is 0.125. The molecule has 1 aliphatic rings. The van der Waals surface area contributed by atoms with Crippen LogP contribution >= 0.6 is 0 Å². The van der Waals surface area contributed by atoms with Crippen LogP contribution in [0.4, 0.5) is 17.1 Å². The Kier molecular flexibility index (Phi) is 4.15. The third-order valence-electron chi connectivity index (χ3n) is 4.52. The fraction of sp³-hybridized carbons (Fsp3) is 0.250. The molecule has 0 aliphatic carbocycles. The predicted octanol–water partition coefficient (Wildman–Crippen LogP) is 2.87. The summed E-state index contributed by atoms with van der Waals surface area (Å²) in [6, 6.07) is 6.44. The van der Waals surface area contributed by atoms with Crippen molar-refractivity contribution < 1.29 is 18.3 Å². The zero-order valence-electron chi connectivity index (χ0n) is 14.0. The monoisotopic (exact) mass is 377 g/mol. The maximum atomic E-state index is 13.2. The molecule has 0 saturated heterocycles. The van der Waals surface area contributed by atoms with E-state index in [1.165, 1.54) is 24.3 Å². The molecule has 136 valence electrons. The normalized spacial score (nSPS) is 13.5. The van der Waals surface area contributed by atoms with Crippen LogP contribution in [0.3, 0.4) is 0 Å². The second-order valence-corrected chi connectivity index (χ2v) is 7.87. The van der Waals surface area contributed by atoms with Gasteiger partial charge in [0.05, 0.1) is 20.4 Å². The molecule has 10 heteroatoms. The average molecular weight is 377 g/mol. The smallest absolute Gasteiger partial charge is 0.265 e. The molecule has 0 aromatic heterocycles. The van der Waals surface area contributed by atoms with E-state index in [1.807, 2.05) is 0 Å². The predicted molar refractivity (Wildman–Crippen MR) is 93.9 cm³/mol. The van der Waals surface area contributed by atoms with Crippen LogP contribution in [0.15, 0.2) is 35.2 Å². The first-order valence-corrected chi connectivity index (χ1v) is 9.12. The van der Waals surface area contributed by atoms with Crippen LogP contribution in [-0.2, 0) is 16.4 Å². The van der Waals surface area contributed by atoms with Crippen molar-refractivity contribution in [2.75, 3.05) is 10.8 Å². The van der Waals surface area contributed by atoms with Gasteiger partial charge in [0.15, 0.2) is 0 Å². The van der Waals surface area contributed by atoms with E-state index in [0.717, 1.165) is 10.4 Å². The van der Waals surface area contributed by atoms with Crippen LogP contribution in [-0.4, -0.2) is 24.8 Å². The zero-order valence-corrected chi connectivity index (χ0v) is 14.8. The van der Waals surface area contributed by atoms with Gasteiger partial charge in [-0.15, -0.1) is 0 Å². The van der Waals surface area contributed by atoms with Gasteiger partial charge in [-0.3, -0.25) is 24.5 Å². The van der Waals surface area contributed by atoms with Crippen molar-refractivity contribution in [2.45, 2.75) is 25.2 Å². The van der Waals surface area contributed by atoms with Gasteiger partial charge in [0.1, 0.15) is 0 Å². The highest BCUT2D eigenvalue weighted by Gasteiger charge is 2.34. The summed E-state index contributed by atoms with van der Waals surface area (Å²) >= 11 is 0. The van der Waals surface area contributed by atoms with Crippen molar-refractivity contribution in [3.8, 4) is 0 Å². The van der Waals surface area contributed by atoms with Crippen LogP contribution in [0.2, 0.25) is 0 Å². The van der Waals surface area contributed by atoms with Crippen molar-refractivity contribution in [2.24, 2.45) is 0 Å². The quantitative estimate of drug-likeness (QED) is 0.596. The van der Waals surface area contributed by atoms with Crippen molar-refractivity contribution in [3.05, 3.63) is 67.3 Å². The molecule has 0 spiro atoms. The SMILES string of the molecule is Cc1cc([N+](=O)[O-])cc(S(=O)(=O)N2CCc3ccc([N+](=O)[O-])cc32)c1C. The van der Waals surface area contributed by atoms with Gasteiger partial charge in [-0.25, -0.2) is 8.42 Å². The average Bonchev–Trinajstić information content (AvgIpc) is 3.00. The first kappa shape index (κ1) is 17.8. The van der Waals surface area contributed by atoms with E-state index in [1.54, 1.807) is 13.8 Å². The van der Waals surface area contributed by atoms with Gasteiger partial charge in [0.25, 0.3) is 21.4 Å². The number of anilines is 1. The Bertz CT molecular complexity index is 1050. The molecule has 0 radical (unpaired) electrons. The maximum Gasteiger partial charge on any atom is 0.271 e. The number of rotatable bonds is 4. The molecule has 0 amide bonds. The van der Waals surface area contributed by atoms with Crippen LogP contribution in [0.1, 0.15) is 16.7 Å². The number of hydrogen-bond acceptors (Lipinski definition) is 6. The van der Waals surface area contributed by atoms with E-state index in [2.05, 4.69) is 0 Å². The van der Waals surface area contributed by atoms with Crippen molar-refractivity contribution in [3.63, 3.8) is 0 Å². The van der Waals surface area contributed by atoms with Crippen LogP contribution in [0, 0.1) is 34.1 Å². The number of nitro benzene ring substituents is 2. The number of sulfonamides is 1. The molecule has 0 atom stereocenters. The van der Waals surface area contributed by atoms with Gasteiger partial charge in [0.2, 0.25) is 0 Å². The molecule has 2 aromatic rings. The summed E-state index contributed by atoms with van der Waals surface area (Å²) in [6.07, 6.45) is 0.416. The highest BCUT2D eigenvalue weighted by Crippen LogP contribution is 2.37. The summed E-state index contributed by atoms with van der Waals surface area (Å²) in [5, 5.41) is 22.1. The van der Waals surface area contributed by atoms with Crippen molar-refractivity contribution >= 4 is 27.1 Å². The Morgan fingerprint density at radius 2 is 1.65 bits per heavy atom. The minimum Gasteiger partial charge on any atom is -0.265 e. The molecule has 1 aliphatic heterocycles. The minimum atomic E-state index is -4.10. The molecular formula is C16H15N3O6S. The first-order chi connectivity index (χ1) is 12.1. The van der Waals surface area contributed by atoms with Gasteiger partial charge in [-0.05, 0) is 37.0 Å². The Hall–Kier alpha value is -3.01. The second-order valence-electron chi connectivity index (χ2n) is 6.04. The molecule has 0 unspecified atom stereocenters. The van der Waals surface area contributed by atoms with Gasteiger partial charge in [-0.1, -0.05) is 6.07 Å². The summed E-state index contributed by atoms with van der Waals surface area (Å²) in [5.74, 6) is 0. The molecule has 0 fully saturated rings. The second kappa shape index (κ2) is 6.06. The fourth-order valence-corrected chi connectivity index (χ4v) is 4.82. The van der Waals surface area contributed by atoms with E-state index in [-0.39, 0.29) is 28.5 Å². The molecule has 0 N–H and O–H groups in total. The van der Waals surface area contributed by atoms with Gasteiger partial charge in [-0.2, -0.15) is 0 Å². The molecule has 2 aromatic carbocycles. The Balaban J connectivity index is 2.17. The summed E-state index contributed by atoms with van der Waals surface area (Å²) in [4.78, 5) is 20.7. The van der Waals surface area contributed by atoms with E-state index in [0.29, 0.717) is 23.1 Å². The molecule has 3 rings (SSSR count). The molecule has 0 saturated carbocycles. The number of fused-ring (bicyclic) bond motifs is 1. The van der Waals surface area contributed by atoms with E-state index in [4.69, 9.17) is 0 Å². The Morgan fingerprint density at radius 3 is 2.27 bits per heavy atom. The number of aryl methyl sites for hydroxylation is 1. The van der Waals surface area contributed by atoms with E-state index in [9.17, 15) is 28.6 Å². The number of nitro groups is 2. The number of non-ortho nitro benzene ring substituents is 2. The third-order valence-corrected chi connectivity index (χ3v) is 6.46. The molecule has 26 heavy (non-hydrogen) atoms. The summed E-state index contributed by atoms with van der Waals surface area (Å²) in [5.41, 5.74) is 1.29. The van der Waals surface area contributed by atoms with Gasteiger partial charge >= 0.3 is 0 Å². The van der Waals surface area contributed by atoms with E-state index >= 15 is 0 Å². The Morgan fingerprint density at radius 1 is 1.00 bits per heavy atom. The molecular weight excluding hydrogens is 362 g/mol. The standard InChI is InChI=1S/C16H15N3O6S/c1-10-7-14(19(22)23)9-16(11(10)2)26(24,25)17-6-5-12-3-4-13(18(20)21)8-15(12)17/h3-4,7-9H,5-6H2,1-2H3. The topological polar surface area (TPSA) is 124 Å². The summed E-state index contributed by atoms with van der Waals surface area (Å²) in [6.45, 7) is 3.31. The number of hydrogen-bond donors (Lipinski definition) is 0.